The first kappa shape index (κ1) is 18.7. The van der Waals surface area contributed by atoms with Crippen molar-refractivity contribution in [2.45, 2.75) is 4.90 Å². The monoisotopic (exact) mass is 436 g/mol. The Labute approximate surface area is 186 Å². The standard InChI is InChI=1S/C26H20N4OS/c31-32(23-4-2-1-3-5-23)26-24-12-10-21(29-24)15-19-8-6-17(27-19)14-18-7-9-20(28-18)16-22-11-13-25(26)30-22/h1-16,27-30H/t32-/m0/s1. The van der Waals surface area contributed by atoms with Crippen molar-refractivity contribution in [3.8, 4) is 0 Å². The molecule has 1 aliphatic rings. The van der Waals surface area contributed by atoms with E-state index in [-0.39, 0.29) is 0 Å². The van der Waals surface area contributed by atoms with Crippen molar-refractivity contribution in [2.24, 2.45) is 0 Å². The minimum atomic E-state index is -1.36. The van der Waals surface area contributed by atoms with Crippen LogP contribution in [0.4, 0.5) is 0 Å². The van der Waals surface area contributed by atoms with Crippen LogP contribution in [-0.4, -0.2) is 24.1 Å². The minimum Gasteiger partial charge on any atom is -0.355 e. The van der Waals surface area contributed by atoms with E-state index < -0.39 is 10.8 Å². The molecule has 4 N–H and O–H groups in total. The number of benzene rings is 1. The average Bonchev–Trinajstić information content (AvgIpc) is 3.60. The molecule has 1 aromatic carbocycles. The van der Waals surface area contributed by atoms with Crippen LogP contribution in [0.3, 0.4) is 0 Å². The molecule has 0 amide bonds. The number of hydrogen-bond acceptors (Lipinski definition) is 1. The molecule has 0 radical (unpaired) electrons. The number of H-pyrrole nitrogens is 4. The van der Waals surface area contributed by atoms with Gasteiger partial charge in [-0.3, -0.25) is 0 Å². The molecule has 1 aliphatic heterocycles. The van der Waals surface area contributed by atoms with Crippen LogP contribution >= 0.6 is 0 Å². The van der Waals surface area contributed by atoms with Crippen LogP contribution in [0.5, 0.6) is 0 Å². The van der Waals surface area contributed by atoms with E-state index in [0.29, 0.717) is 0 Å². The summed E-state index contributed by atoms with van der Waals surface area (Å²) in [7, 11) is -1.36. The molecule has 4 aromatic heterocycles. The van der Waals surface area contributed by atoms with Gasteiger partial charge in [-0.25, -0.2) is 4.21 Å². The van der Waals surface area contributed by atoms with E-state index in [4.69, 9.17) is 0 Å². The SMILES string of the molecule is O=[S@](C1=c2ccc([nH]2)=Cc2ccc([nH]2)C=c2ccc([nH]2)=Cc2ccc1[nH]2)c1ccccc1. The Hall–Kier alpha value is -4.03. The number of fused-ring (bicyclic) bond motifs is 8. The van der Waals surface area contributed by atoms with Crippen molar-refractivity contribution in [1.29, 1.82) is 0 Å². The zero-order valence-corrected chi connectivity index (χ0v) is 17.9. The van der Waals surface area contributed by atoms with Crippen molar-refractivity contribution in [2.75, 3.05) is 0 Å². The van der Waals surface area contributed by atoms with E-state index in [1.54, 1.807) is 0 Å². The molecule has 0 unspecified atom stereocenters. The van der Waals surface area contributed by atoms with Gasteiger partial charge in [-0.1, -0.05) is 18.2 Å². The second-order valence-corrected chi connectivity index (χ2v) is 9.15. The molecule has 5 aromatic rings. The minimum absolute atomic E-state index is 0.718. The van der Waals surface area contributed by atoms with Crippen molar-refractivity contribution in [1.82, 2.24) is 19.9 Å². The largest absolute Gasteiger partial charge is 0.355 e. The zero-order valence-electron chi connectivity index (χ0n) is 17.1. The van der Waals surface area contributed by atoms with E-state index in [0.717, 1.165) is 54.0 Å². The Morgan fingerprint density at radius 1 is 0.531 bits per heavy atom. The number of hydrogen-bond donors (Lipinski definition) is 4. The molecular weight excluding hydrogens is 416 g/mol. The lowest BCUT2D eigenvalue weighted by molar-refractivity contribution is 0.689. The first-order chi connectivity index (χ1) is 15.7. The lowest BCUT2D eigenvalue weighted by Crippen LogP contribution is -2.16. The number of aromatic amines is 4. The molecule has 156 valence electrons. The molecule has 6 rings (SSSR count). The highest BCUT2D eigenvalue weighted by molar-refractivity contribution is 7.94. The summed E-state index contributed by atoms with van der Waals surface area (Å²) in [6.45, 7) is 0. The van der Waals surface area contributed by atoms with Gasteiger partial charge in [0.05, 0.1) is 26.7 Å². The summed E-state index contributed by atoms with van der Waals surface area (Å²) < 4.78 is 13.6. The third-order valence-corrected chi connectivity index (χ3v) is 6.96. The zero-order chi connectivity index (χ0) is 21.5. The van der Waals surface area contributed by atoms with Crippen LogP contribution in [0.2, 0.25) is 0 Å². The van der Waals surface area contributed by atoms with Crippen LogP contribution < -0.4 is 21.4 Å². The van der Waals surface area contributed by atoms with E-state index in [2.05, 4.69) is 38.1 Å². The highest BCUT2D eigenvalue weighted by atomic mass is 32.2. The molecule has 8 bridgehead atoms. The average molecular weight is 437 g/mol. The van der Waals surface area contributed by atoms with Crippen LogP contribution in [0, 0.1) is 0 Å². The van der Waals surface area contributed by atoms with Crippen LogP contribution in [0.15, 0.2) is 83.8 Å². The molecule has 6 heteroatoms. The van der Waals surface area contributed by atoms with Crippen molar-refractivity contribution >= 4 is 33.9 Å². The van der Waals surface area contributed by atoms with E-state index >= 15 is 0 Å². The number of rotatable bonds is 2. The van der Waals surface area contributed by atoms with Crippen LogP contribution in [0.1, 0.15) is 22.8 Å². The summed E-state index contributed by atoms with van der Waals surface area (Å²) in [6, 6.07) is 25.7. The first-order valence-corrected chi connectivity index (χ1v) is 11.5. The van der Waals surface area contributed by atoms with Gasteiger partial charge in [0.2, 0.25) is 0 Å². The molecule has 5 nitrogen and oxygen atoms in total. The van der Waals surface area contributed by atoms with Gasteiger partial charge in [0.1, 0.15) is 0 Å². The Bertz CT molecular complexity index is 1700. The summed E-state index contributed by atoms with van der Waals surface area (Å²) in [5.41, 5.74) is 3.76. The van der Waals surface area contributed by atoms with Gasteiger partial charge in [-0.05, 0) is 78.9 Å². The quantitative estimate of drug-likeness (QED) is 0.334. The summed E-state index contributed by atoms with van der Waals surface area (Å²) >= 11 is 0. The van der Waals surface area contributed by atoms with Gasteiger partial charge < -0.3 is 19.9 Å². The molecule has 32 heavy (non-hydrogen) atoms. The Kier molecular flexibility index (Phi) is 4.44. The lowest BCUT2D eigenvalue weighted by atomic mass is 10.3. The van der Waals surface area contributed by atoms with Gasteiger partial charge in [0, 0.05) is 38.0 Å². The molecule has 0 spiro atoms. The third kappa shape index (κ3) is 3.50. The fourth-order valence-electron chi connectivity index (χ4n) is 3.96. The van der Waals surface area contributed by atoms with E-state index in [1.165, 1.54) is 0 Å². The Balaban J connectivity index is 1.64. The molecule has 0 fully saturated rings. The summed E-state index contributed by atoms with van der Waals surface area (Å²) in [4.78, 5) is 15.2. The van der Waals surface area contributed by atoms with Crippen LogP contribution in [0.25, 0.3) is 23.1 Å². The van der Waals surface area contributed by atoms with Gasteiger partial charge in [0.15, 0.2) is 0 Å². The first-order valence-electron chi connectivity index (χ1n) is 10.4. The summed E-state index contributed by atoms with van der Waals surface area (Å²) in [5.74, 6) is 0. The summed E-state index contributed by atoms with van der Waals surface area (Å²) in [5, 5.41) is 3.76. The lowest BCUT2D eigenvalue weighted by Gasteiger charge is -2.06. The topological polar surface area (TPSA) is 80.2 Å². The second kappa shape index (κ2) is 7.59. The maximum Gasteiger partial charge on any atom is 0.0906 e. The molecule has 0 aliphatic carbocycles. The molecule has 0 saturated heterocycles. The molecule has 0 saturated carbocycles. The predicted molar refractivity (Wildman–Crippen MR) is 128 cm³/mol. The van der Waals surface area contributed by atoms with Crippen molar-refractivity contribution < 1.29 is 4.21 Å². The Morgan fingerprint density at radius 3 is 1.84 bits per heavy atom. The van der Waals surface area contributed by atoms with Gasteiger partial charge in [-0.2, -0.15) is 0 Å². The smallest absolute Gasteiger partial charge is 0.0906 e. The van der Waals surface area contributed by atoms with Crippen molar-refractivity contribution in [3.05, 3.63) is 123 Å². The number of nitrogens with one attached hydrogen (secondary N) is 4. The second-order valence-electron chi connectivity index (χ2n) is 7.74. The highest BCUT2D eigenvalue weighted by Gasteiger charge is 2.16. The highest BCUT2D eigenvalue weighted by Crippen LogP contribution is 2.21. The molecule has 1 atom stereocenters. The fourth-order valence-corrected chi connectivity index (χ4v) is 5.24. The third-order valence-electron chi connectivity index (χ3n) is 5.44. The Morgan fingerprint density at radius 2 is 1.12 bits per heavy atom. The van der Waals surface area contributed by atoms with Gasteiger partial charge >= 0.3 is 0 Å². The molecule has 5 heterocycles. The van der Waals surface area contributed by atoms with E-state index in [1.807, 2.05) is 78.9 Å². The van der Waals surface area contributed by atoms with Crippen LogP contribution in [-0.2, 0) is 10.8 Å². The predicted octanol–water partition coefficient (Wildman–Crippen LogP) is 1.76. The van der Waals surface area contributed by atoms with Gasteiger partial charge in [-0.15, -0.1) is 0 Å². The normalized spacial score (nSPS) is 13.7. The van der Waals surface area contributed by atoms with Crippen molar-refractivity contribution in [3.63, 3.8) is 0 Å². The van der Waals surface area contributed by atoms with E-state index in [9.17, 15) is 4.21 Å². The maximum absolute atomic E-state index is 13.6. The maximum atomic E-state index is 13.6. The summed E-state index contributed by atoms with van der Waals surface area (Å²) in [6.07, 6.45) is 6.17. The molecular formula is C26H20N4OS. The van der Waals surface area contributed by atoms with Gasteiger partial charge in [0.25, 0.3) is 0 Å². The fraction of sp³-hybridized carbons (Fsp3) is 0. The number of aromatic nitrogens is 4.